The van der Waals surface area contributed by atoms with Crippen molar-refractivity contribution in [1.29, 1.82) is 0 Å². The van der Waals surface area contributed by atoms with Crippen molar-refractivity contribution in [1.82, 2.24) is 24.6 Å². The van der Waals surface area contributed by atoms with Gasteiger partial charge in [-0.15, -0.1) is 0 Å². The van der Waals surface area contributed by atoms with Gasteiger partial charge in [0.05, 0.1) is 29.5 Å². The fourth-order valence-corrected chi connectivity index (χ4v) is 3.11. The van der Waals surface area contributed by atoms with Gasteiger partial charge in [-0.1, -0.05) is 12.1 Å². The van der Waals surface area contributed by atoms with Crippen LogP contribution in [0.15, 0.2) is 76.6 Å². The Morgan fingerprint density at radius 3 is 2.58 bits per heavy atom. The van der Waals surface area contributed by atoms with Gasteiger partial charge in [0.2, 0.25) is 5.91 Å². The first-order valence-corrected chi connectivity index (χ1v) is 9.56. The van der Waals surface area contributed by atoms with Crippen LogP contribution in [0.3, 0.4) is 0 Å². The zero-order valence-corrected chi connectivity index (χ0v) is 16.4. The standard InChI is InChI=1S/C22H18FN5O3/c23-16-7-5-15(6-8-16)18-9-10-21(30)28(26-18)12-11-24-20(29)13-27-14-25-19-4-2-1-3-17(19)22(27)31/h1-10,14H,11-13H2,(H,24,29). The maximum atomic E-state index is 13.1. The Labute approximate surface area is 175 Å². The zero-order valence-electron chi connectivity index (χ0n) is 16.4. The molecule has 1 amide bonds. The number of halogens is 1. The summed E-state index contributed by atoms with van der Waals surface area (Å²) in [4.78, 5) is 41.0. The first-order valence-electron chi connectivity index (χ1n) is 9.56. The van der Waals surface area contributed by atoms with Crippen LogP contribution < -0.4 is 16.4 Å². The minimum Gasteiger partial charge on any atom is -0.353 e. The Morgan fingerprint density at radius 1 is 1.00 bits per heavy atom. The largest absolute Gasteiger partial charge is 0.353 e. The second kappa shape index (κ2) is 8.70. The monoisotopic (exact) mass is 419 g/mol. The van der Waals surface area contributed by atoms with E-state index in [9.17, 15) is 18.8 Å². The number of nitrogens with one attached hydrogen (secondary N) is 1. The van der Waals surface area contributed by atoms with E-state index in [1.165, 1.54) is 33.8 Å². The molecule has 0 fully saturated rings. The predicted octanol–water partition coefficient (Wildman–Crippen LogP) is 1.58. The third-order valence-corrected chi connectivity index (χ3v) is 4.70. The highest BCUT2D eigenvalue weighted by Crippen LogP contribution is 2.15. The van der Waals surface area contributed by atoms with Crippen LogP contribution in [0.25, 0.3) is 22.2 Å². The first-order chi connectivity index (χ1) is 15.0. The van der Waals surface area contributed by atoms with Crippen molar-refractivity contribution in [3.8, 4) is 11.3 Å². The van der Waals surface area contributed by atoms with Crippen molar-refractivity contribution in [2.45, 2.75) is 13.1 Å². The Hall–Kier alpha value is -4.14. The number of carbonyl (C=O) groups excluding carboxylic acids is 1. The van der Waals surface area contributed by atoms with Crippen LogP contribution >= 0.6 is 0 Å². The zero-order chi connectivity index (χ0) is 21.8. The molecule has 1 N–H and O–H groups in total. The van der Waals surface area contributed by atoms with Crippen LogP contribution in [0.1, 0.15) is 0 Å². The molecule has 4 rings (SSSR count). The van der Waals surface area contributed by atoms with Crippen LogP contribution in [0.4, 0.5) is 4.39 Å². The molecule has 0 saturated carbocycles. The highest BCUT2D eigenvalue weighted by Gasteiger charge is 2.09. The third kappa shape index (κ3) is 4.55. The number of amides is 1. The molecule has 0 aliphatic heterocycles. The predicted molar refractivity (Wildman–Crippen MR) is 113 cm³/mol. The van der Waals surface area contributed by atoms with Gasteiger partial charge in [0.25, 0.3) is 11.1 Å². The minimum absolute atomic E-state index is 0.143. The van der Waals surface area contributed by atoms with Crippen molar-refractivity contribution in [3.05, 3.63) is 93.5 Å². The quantitative estimate of drug-likeness (QED) is 0.512. The average molecular weight is 419 g/mol. The molecule has 0 bridgehead atoms. The van der Waals surface area contributed by atoms with Crippen molar-refractivity contribution in [2.75, 3.05) is 6.54 Å². The lowest BCUT2D eigenvalue weighted by Crippen LogP contribution is -2.36. The number of carbonyl (C=O) groups is 1. The molecule has 0 unspecified atom stereocenters. The molecule has 2 aromatic heterocycles. The summed E-state index contributed by atoms with van der Waals surface area (Å²) < 4.78 is 15.6. The number of benzene rings is 2. The second-order valence-corrected chi connectivity index (χ2v) is 6.83. The Kier molecular flexibility index (Phi) is 5.65. The van der Waals surface area contributed by atoms with Gasteiger partial charge in [-0.3, -0.25) is 19.0 Å². The van der Waals surface area contributed by atoms with E-state index < -0.39 is 0 Å². The summed E-state index contributed by atoms with van der Waals surface area (Å²) in [6, 6.07) is 15.6. The van der Waals surface area contributed by atoms with E-state index in [2.05, 4.69) is 15.4 Å². The van der Waals surface area contributed by atoms with Gasteiger partial charge in [-0.25, -0.2) is 14.1 Å². The van der Waals surface area contributed by atoms with Gasteiger partial charge in [-0.05, 0) is 42.5 Å². The van der Waals surface area contributed by atoms with Crippen molar-refractivity contribution in [3.63, 3.8) is 0 Å². The van der Waals surface area contributed by atoms with E-state index in [4.69, 9.17) is 0 Å². The van der Waals surface area contributed by atoms with Crippen LogP contribution in [-0.4, -0.2) is 31.8 Å². The topological polar surface area (TPSA) is 98.9 Å². The number of hydrogen-bond acceptors (Lipinski definition) is 5. The van der Waals surface area contributed by atoms with Gasteiger partial charge < -0.3 is 5.32 Å². The molecule has 2 aromatic carbocycles. The van der Waals surface area contributed by atoms with Crippen LogP contribution in [0, 0.1) is 5.82 Å². The van der Waals surface area contributed by atoms with Crippen molar-refractivity contribution >= 4 is 16.8 Å². The van der Waals surface area contributed by atoms with E-state index in [0.717, 1.165) is 0 Å². The van der Waals surface area contributed by atoms with Crippen molar-refractivity contribution < 1.29 is 9.18 Å². The lowest BCUT2D eigenvalue weighted by molar-refractivity contribution is -0.121. The van der Waals surface area contributed by atoms with E-state index in [1.54, 1.807) is 42.5 Å². The van der Waals surface area contributed by atoms with Crippen LogP contribution in [0.5, 0.6) is 0 Å². The molecule has 0 radical (unpaired) electrons. The summed E-state index contributed by atoms with van der Waals surface area (Å²) >= 11 is 0. The number of hydrogen-bond donors (Lipinski definition) is 1. The molecular formula is C22H18FN5O3. The number of para-hydroxylation sites is 1. The number of fused-ring (bicyclic) bond motifs is 1. The molecule has 0 aliphatic rings. The fraction of sp³-hybridized carbons (Fsp3) is 0.136. The maximum absolute atomic E-state index is 13.1. The molecule has 8 nitrogen and oxygen atoms in total. The summed E-state index contributed by atoms with van der Waals surface area (Å²) in [5.41, 5.74) is 1.12. The molecule has 31 heavy (non-hydrogen) atoms. The number of aromatic nitrogens is 4. The second-order valence-electron chi connectivity index (χ2n) is 6.83. The summed E-state index contributed by atoms with van der Waals surface area (Å²) in [6.45, 7) is 0.105. The SMILES string of the molecule is O=C(Cn1cnc2ccccc2c1=O)NCCn1nc(-c2ccc(F)cc2)ccc1=O. The highest BCUT2D eigenvalue weighted by atomic mass is 19.1. The normalized spacial score (nSPS) is 10.9. The Morgan fingerprint density at radius 2 is 1.77 bits per heavy atom. The van der Waals surface area contributed by atoms with E-state index >= 15 is 0 Å². The van der Waals surface area contributed by atoms with E-state index in [-0.39, 0.29) is 42.5 Å². The van der Waals surface area contributed by atoms with Crippen LogP contribution in [0.2, 0.25) is 0 Å². The molecule has 0 atom stereocenters. The lowest BCUT2D eigenvalue weighted by Gasteiger charge is -2.10. The van der Waals surface area contributed by atoms with E-state index in [1.807, 2.05) is 0 Å². The Bertz CT molecular complexity index is 1360. The first kappa shape index (κ1) is 20.1. The molecular weight excluding hydrogens is 401 g/mol. The summed E-state index contributed by atoms with van der Waals surface area (Å²) in [5, 5.41) is 7.38. The lowest BCUT2D eigenvalue weighted by atomic mass is 10.1. The van der Waals surface area contributed by atoms with E-state index in [0.29, 0.717) is 22.2 Å². The van der Waals surface area contributed by atoms with Gasteiger partial charge in [0.1, 0.15) is 12.4 Å². The molecule has 4 aromatic rings. The van der Waals surface area contributed by atoms with Gasteiger partial charge in [0, 0.05) is 18.2 Å². The third-order valence-electron chi connectivity index (χ3n) is 4.70. The molecule has 0 spiro atoms. The molecule has 0 aliphatic carbocycles. The minimum atomic E-state index is -0.387. The maximum Gasteiger partial charge on any atom is 0.266 e. The van der Waals surface area contributed by atoms with Crippen molar-refractivity contribution in [2.24, 2.45) is 0 Å². The molecule has 156 valence electrons. The summed E-state index contributed by atoms with van der Waals surface area (Å²) in [7, 11) is 0. The molecule has 9 heteroatoms. The van der Waals surface area contributed by atoms with Gasteiger partial charge in [-0.2, -0.15) is 5.10 Å². The fourth-order valence-electron chi connectivity index (χ4n) is 3.11. The highest BCUT2D eigenvalue weighted by molar-refractivity contribution is 5.78. The summed E-state index contributed by atoms with van der Waals surface area (Å²) in [6.07, 6.45) is 1.34. The van der Waals surface area contributed by atoms with Crippen LogP contribution in [-0.2, 0) is 17.9 Å². The molecule has 2 heterocycles. The average Bonchev–Trinajstić information content (AvgIpc) is 2.78. The summed E-state index contributed by atoms with van der Waals surface area (Å²) in [5.74, 6) is -0.748. The molecule has 0 saturated heterocycles. The number of nitrogens with zero attached hydrogens (tertiary/aromatic N) is 4. The smallest absolute Gasteiger partial charge is 0.266 e. The Balaban J connectivity index is 1.40. The number of rotatable bonds is 6. The van der Waals surface area contributed by atoms with Gasteiger partial charge in [0.15, 0.2) is 0 Å². The van der Waals surface area contributed by atoms with Gasteiger partial charge >= 0.3 is 0 Å².